The fraction of sp³-hybridized carbons (Fsp3) is 0.429. The molecule has 2 heterocycles. The first-order chi connectivity index (χ1) is 10.2. The molecule has 112 valence electrons. The molecule has 0 aliphatic carbocycles. The molecule has 1 fully saturated rings. The van der Waals surface area contributed by atoms with E-state index in [1.165, 1.54) is 0 Å². The molecule has 0 atom stereocenters. The van der Waals surface area contributed by atoms with Crippen LogP contribution in [0.3, 0.4) is 0 Å². The molecule has 0 amide bonds. The zero-order chi connectivity index (χ0) is 14.8. The van der Waals surface area contributed by atoms with Crippen LogP contribution >= 0.6 is 27.5 Å². The molecular weight excluding hydrogens is 354 g/mol. The van der Waals surface area contributed by atoms with Crippen molar-refractivity contribution in [2.45, 2.75) is 18.9 Å². The van der Waals surface area contributed by atoms with Gasteiger partial charge in [0.25, 0.3) is 0 Å². The summed E-state index contributed by atoms with van der Waals surface area (Å²) in [5.74, 6) is 1.46. The van der Waals surface area contributed by atoms with Gasteiger partial charge >= 0.3 is 0 Å². The minimum absolute atomic E-state index is 0.598. The highest BCUT2D eigenvalue weighted by molar-refractivity contribution is 9.10. The smallest absolute Gasteiger partial charge is 0.245 e. The lowest BCUT2D eigenvalue weighted by Crippen LogP contribution is -2.41. The van der Waals surface area contributed by atoms with Gasteiger partial charge in [-0.05, 0) is 38.1 Å². The quantitative estimate of drug-likeness (QED) is 0.872. The molecule has 7 heteroatoms. The number of piperidine rings is 1. The maximum absolute atomic E-state index is 6.26. The maximum Gasteiger partial charge on any atom is 0.245 e. The van der Waals surface area contributed by atoms with Crippen LogP contribution in [0, 0.1) is 0 Å². The van der Waals surface area contributed by atoms with Crippen LogP contribution in [-0.2, 0) is 0 Å². The fourth-order valence-electron chi connectivity index (χ4n) is 2.56. The zero-order valence-corrected chi connectivity index (χ0v) is 14.1. The van der Waals surface area contributed by atoms with Crippen LogP contribution in [0.1, 0.15) is 12.8 Å². The number of H-pyrrole nitrogens is 1. The van der Waals surface area contributed by atoms with Gasteiger partial charge in [-0.25, -0.2) is 0 Å². The Morgan fingerprint density at radius 3 is 2.81 bits per heavy atom. The van der Waals surface area contributed by atoms with E-state index in [2.05, 4.69) is 41.3 Å². The molecule has 1 aromatic heterocycles. The number of nitrogens with one attached hydrogen (secondary N) is 2. The molecule has 0 saturated carbocycles. The predicted octanol–water partition coefficient (Wildman–Crippen LogP) is 3.08. The number of benzene rings is 1. The van der Waals surface area contributed by atoms with E-state index in [0.717, 1.165) is 41.9 Å². The number of hydrogen-bond donors (Lipinski definition) is 2. The summed E-state index contributed by atoms with van der Waals surface area (Å²) in [7, 11) is 2.01. The normalized spacial score (nSPS) is 16.4. The van der Waals surface area contributed by atoms with Crippen LogP contribution in [0.15, 0.2) is 22.7 Å². The highest BCUT2D eigenvalue weighted by atomic mass is 79.9. The minimum atomic E-state index is 0.598. The van der Waals surface area contributed by atoms with Gasteiger partial charge in [0.15, 0.2) is 5.82 Å². The van der Waals surface area contributed by atoms with Crippen molar-refractivity contribution in [1.29, 1.82) is 0 Å². The Bertz CT molecular complexity index is 622. The molecule has 21 heavy (non-hydrogen) atoms. The van der Waals surface area contributed by atoms with Gasteiger partial charge in [-0.2, -0.15) is 4.98 Å². The first kappa shape index (κ1) is 14.8. The van der Waals surface area contributed by atoms with Crippen LogP contribution in [0.25, 0.3) is 11.4 Å². The molecule has 3 rings (SSSR count). The van der Waals surface area contributed by atoms with Crippen molar-refractivity contribution >= 4 is 33.5 Å². The zero-order valence-electron chi connectivity index (χ0n) is 11.7. The van der Waals surface area contributed by atoms with Gasteiger partial charge in [-0.15, -0.1) is 5.10 Å². The second-order valence-corrected chi connectivity index (χ2v) is 6.48. The molecule has 1 aromatic carbocycles. The first-order valence-corrected chi connectivity index (χ1v) is 8.14. The van der Waals surface area contributed by atoms with Crippen molar-refractivity contribution in [3.05, 3.63) is 27.7 Å². The van der Waals surface area contributed by atoms with E-state index in [0.29, 0.717) is 16.9 Å². The minimum Gasteiger partial charge on any atom is -0.339 e. The number of anilines is 1. The SMILES string of the molecule is CNC1CCN(c2n[nH]c(-c3ccc(Br)cc3Cl)n2)CC1. The lowest BCUT2D eigenvalue weighted by Gasteiger charge is -2.30. The average molecular weight is 371 g/mol. The lowest BCUT2D eigenvalue weighted by molar-refractivity contribution is 0.439. The van der Waals surface area contributed by atoms with E-state index in [9.17, 15) is 0 Å². The van der Waals surface area contributed by atoms with Crippen LogP contribution in [0.4, 0.5) is 5.95 Å². The lowest BCUT2D eigenvalue weighted by atomic mass is 10.1. The van der Waals surface area contributed by atoms with E-state index >= 15 is 0 Å². The first-order valence-electron chi connectivity index (χ1n) is 6.97. The van der Waals surface area contributed by atoms with Crippen molar-refractivity contribution in [3.8, 4) is 11.4 Å². The van der Waals surface area contributed by atoms with E-state index in [-0.39, 0.29) is 0 Å². The van der Waals surface area contributed by atoms with Gasteiger partial charge in [-0.1, -0.05) is 27.5 Å². The molecule has 1 saturated heterocycles. The van der Waals surface area contributed by atoms with E-state index < -0.39 is 0 Å². The Morgan fingerprint density at radius 1 is 1.38 bits per heavy atom. The molecule has 1 aliphatic rings. The van der Waals surface area contributed by atoms with Gasteiger partial charge in [0.05, 0.1) is 5.02 Å². The molecule has 0 radical (unpaired) electrons. The van der Waals surface area contributed by atoms with Crippen LogP contribution < -0.4 is 10.2 Å². The summed E-state index contributed by atoms with van der Waals surface area (Å²) in [4.78, 5) is 6.79. The van der Waals surface area contributed by atoms with Gasteiger partial charge in [-0.3, -0.25) is 5.10 Å². The topological polar surface area (TPSA) is 56.8 Å². The Labute approximate surface area is 137 Å². The van der Waals surface area contributed by atoms with Gasteiger partial charge in [0, 0.05) is 29.2 Å². The van der Waals surface area contributed by atoms with Crippen LogP contribution in [0.2, 0.25) is 5.02 Å². The molecule has 0 unspecified atom stereocenters. The van der Waals surface area contributed by atoms with Crippen LogP contribution in [0.5, 0.6) is 0 Å². The fourth-order valence-corrected chi connectivity index (χ4v) is 3.33. The molecule has 5 nitrogen and oxygen atoms in total. The van der Waals surface area contributed by atoms with E-state index in [4.69, 9.17) is 11.6 Å². The third-order valence-electron chi connectivity index (χ3n) is 3.85. The van der Waals surface area contributed by atoms with Crippen molar-refractivity contribution < 1.29 is 0 Å². The summed E-state index contributed by atoms with van der Waals surface area (Å²) in [5, 5.41) is 11.3. The van der Waals surface area contributed by atoms with Crippen molar-refractivity contribution in [1.82, 2.24) is 20.5 Å². The van der Waals surface area contributed by atoms with Gasteiger partial charge in [0.1, 0.15) is 0 Å². The Kier molecular flexibility index (Phi) is 4.47. The Hall–Kier alpha value is -1.11. The molecule has 0 spiro atoms. The number of nitrogens with zero attached hydrogens (tertiary/aromatic N) is 3. The highest BCUT2D eigenvalue weighted by Gasteiger charge is 2.21. The average Bonchev–Trinajstić information content (AvgIpc) is 2.97. The largest absolute Gasteiger partial charge is 0.339 e. The Balaban J connectivity index is 1.77. The predicted molar refractivity (Wildman–Crippen MR) is 88.8 cm³/mol. The Morgan fingerprint density at radius 2 is 2.14 bits per heavy atom. The van der Waals surface area contributed by atoms with Crippen molar-refractivity contribution in [3.63, 3.8) is 0 Å². The van der Waals surface area contributed by atoms with Crippen molar-refractivity contribution in [2.24, 2.45) is 0 Å². The van der Waals surface area contributed by atoms with Crippen LogP contribution in [-0.4, -0.2) is 41.4 Å². The van der Waals surface area contributed by atoms with Gasteiger partial charge < -0.3 is 10.2 Å². The molecule has 2 aromatic rings. The molecule has 1 aliphatic heterocycles. The standard InChI is InChI=1S/C14H17BrClN5/c1-17-10-4-6-21(7-5-10)14-18-13(19-20-14)11-3-2-9(15)8-12(11)16/h2-3,8,10,17H,4-7H2,1H3,(H,18,19,20). The maximum atomic E-state index is 6.26. The highest BCUT2D eigenvalue weighted by Crippen LogP contribution is 2.29. The second kappa shape index (κ2) is 6.34. The number of rotatable bonds is 3. The summed E-state index contributed by atoms with van der Waals surface area (Å²) in [6.45, 7) is 1.94. The molecule has 2 N–H and O–H groups in total. The number of halogens is 2. The monoisotopic (exact) mass is 369 g/mol. The van der Waals surface area contributed by atoms with Crippen molar-refractivity contribution in [2.75, 3.05) is 25.0 Å². The summed E-state index contributed by atoms with van der Waals surface area (Å²) in [6, 6.07) is 6.34. The van der Waals surface area contributed by atoms with E-state index in [1.807, 2.05) is 25.2 Å². The van der Waals surface area contributed by atoms with E-state index in [1.54, 1.807) is 0 Å². The second-order valence-electron chi connectivity index (χ2n) is 5.16. The molecular formula is C14H17BrClN5. The summed E-state index contributed by atoms with van der Waals surface area (Å²) in [6.07, 6.45) is 2.22. The summed E-state index contributed by atoms with van der Waals surface area (Å²) >= 11 is 9.66. The number of aromatic amines is 1. The number of aromatic nitrogens is 3. The van der Waals surface area contributed by atoms with Gasteiger partial charge in [0.2, 0.25) is 5.95 Å². The number of hydrogen-bond acceptors (Lipinski definition) is 4. The molecule has 0 bridgehead atoms. The summed E-state index contributed by atoms with van der Waals surface area (Å²) in [5.41, 5.74) is 0.865. The third kappa shape index (κ3) is 3.22. The summed E-state index contributed by atoms with van der Waals surface area (Å²) < 4.78 is 0.949. The third-order valence-corrected chi connectivity index (χ3v) is 4.65.